The maximum atomic E-state index is 13.4. The number of carbonyl (C=O) groups excluding carboxylic acids is 2. The zero-order valence-corrected chi connectivity index (χ0v) is 23.7. The first-order valence-corrected chi connectivity index (χ1v) is 13.8. The number of benzene rings is 1. The molecule has 2 aromatic rings. The van der Waals surface area contributed by atoms with Crippen LogP contribution in [0.1, 0.15) is 56.2 Å². The van der Waals surface area contributed by atoms with E-state index in [9.17, 15) is 14.4 Å². The molecule has 3 N–H and O–H groups in total. The maximum Gasteiger partial charge on any atom is 0.220 e. The van der Waals surface area contributed by atoms with Gasteiger partial charge in [0.1, 0.15) is 0 Å². The Morgan fingerprint density at radius 3 is 2.52 bits per heavy atom. The number of rotatable bonds is 11. The summed E-state index contributed by atoms with van der Waals surface area (Å²) in [5.41, 5.74) is 3.43. The molecule has 1 fully saturated rings. The molecule has 0 bridgehead atoms. The molecule has 1 aliphatic carbocycles. The average Bonchev–Trinajstić information content (AvgIpc) is 3.36. The van der Waals surface area contributed by atoms with Crippen LogP contribution in [0.25, 0.3) is 11.1 Å². The van der Waals surface area contributed by atoms with E-state index in [0.29, 0.717) is 67.3 Å². The van der Waals surface area contributed by atoms with E-state index < -0.39 is 0 Å². The summed E-state index contributed by atoms with van der Waals surface area (Å²) in [5, 5.41) is 9.12. The Balaban J connectivity index is 1.60. The Kier molecular flexibility index (Phi) is 9.87. The van der Waals surface area contributed by atoms with Crippen molar-refractivity contribution in [3.05, 3.63) is 45.6 Å². The number of anilines is 1. The molecule has 2 aliphatic rings. The Hall–Kier alpha value is -3.79. The van der Waals surface area contributed by atoms with Gasteiger partial charge in [-0.2, -0.15) is 0 Å². The third kappa shape index (κ3) is 6.67. The Labute approximate surface area is 234 Å². The van der Waals surface area contributed by atoms with E-state index in [2.05, 4.69) is 16.0 Å². The van der Waals surface area contributed by atoms with Crippen LogP contribution in [0, 0.1) is 0 Å². The Morgan fingerprint density at radius 1 is 1.05 bits per heavy atom. The van der Waals surface area contributed by atoms with E-state index in [0.717, 1.165) is 36.1 Å². The predicted molar refractivity (Wildman–Crippen MR) is 152 cm³/mol. The van der Waals surface area contributed by atoms with Crippen LogP contribution < -0.4 is 35.6 Å². The van der Waals surface area contributed by atoms with Crippen LogP contribution >= 0.6 is 0 Å². The van der Waals surface area contributed by atoms with E-state index in [1.807, 2.05) is 12.1 Å². The lowest BCUT2D eigenvalue weighted by atomic mass is 9.95. The van der Waals surface area contributed by atoms with Gasteiger partial charge in [-0.15, -0.1) is 0 Å². The molecule has 2 amide bonds. The smallest absolute Gasteiger partial charge is 0.220 e. The second kappa shape index (κ2) is 13.5. The third-order valence-corrected chi connectivity index (χ3v) is 7.36. The largest absolute Gasteiger partial charge is 0.493 e. The van der Waals surface area contributed by atoms with Crippen molar-refractivity contribution >= 4 is 17.5 Å². The number of nitrogens with one attached hydrogen (secondary N) is 3. The molecule has 0 aromatic heterocycles. The fourth-order valence-electron chi connectivity index (χ4n) is 5.45. The molecule has 0 unspecified atom stereocenters. The summed E-state index contributed by atoms with van der Waals surface area (Å²) < 4.78 is 22.6. The van der Waals surface area contributed by atoms with Gasteiger partial charge in [-0.3, -0.25) is 14.4 Å². The first-order chi connectivity index (χ1) is 19.4. The summed E-state index contributed by atoms with van der Waals surface area (Å²) in [4.78, 5) is 37.7. The van der Waals surface area contributed by atoms with E-state index >= 15 is 0 Å². The van der Waals surface area contributed by atoms with Gasteiger partial charge in [0.05, 0.1) is 39.2 Å². The monoisotopic (exact) mass is 553 g/mol. The van der Waals surface area contributed by atoms with Gasteiger partial charge in [-0.05, 0) is 67.0 Å². The summed E-state index contributed by atoms with van der Waals surface area (Å²) >= 11 is 0. The zero-order valence-electron chi connectivity index (χ0n) is 23.7. The minimum atomic E-state index is -0.373. The molecule has 0 radical (unpaired) electrons. The molecule has 1 heterocycles. The quantitative estimate of drug-likeness (QED) is 0.362. The summed E-state index contributed by atoms with van der Waals surface area (Å²) in [5.74, 6) is 1.29. The second-order valence-electron chi connectivity index (χ2n) is 10.1. The first-order valence-electron chi connectivity index (χ1n) is 13.8. The number of carbonyl (C=O) groups is 2. The van der Waals surface area contributed by atoms with Crippen LogP contribution in [0.5, 0.6) is 17.2 Å². The van der Waals surface area contributed by atoms with Crippen LogP contribution in [0.4, 0.5) is 5.69 Å². The van der Waals surface area contributed by atoms with Crippen LogP contribution in [0.15, 0.2) is 29.1 Å². The van der Waals surface area contributed by atoms with Gasteiger partial charge in [-0.25, -0.2) is 0 Å². The minimum Gasteiger partial charge on any atom is -0.493 e. The maximum absolute atomic E-state index is 13.4. The molecular weight excluding hydrogens is 514 g/mol. The summed E-state index contributed by atoms with van der Waals surface area (Å²) in [6.07, 6.45) is 4.25. The minimum absolute atomic E-state index is 0.0313. The normalized spacial score (nSPS) is 17.6. The van der Waals surface area contributed by atoms with Crippen LogP contribution in [-0.4, -0.2) is 58.9 Å². The van der Waals surface area contributed by atoms with E-state index in [1.165, 1.54) is 6.92 Å². The number of hydrogen-bond donors (Lipinski definition) is 3. The van der Waals surface area contributed by atoms with E-state index in [-0.39, 0.29) is 29.4 Å². The third-order valence-electron chi connectivity index (χ3n) is 7.36. The van der Waals surface area contributed by atoms with Crippen molar-refractivity contribution in [1.82, 2.24) is 10.6 Å². The molecule has 0 saturated carbocycles. The van der Waals surface area contributed by atoms with Gasteiger partial charge in [0, 0.05) is 38.6 Å². The lowest BCUT2D eigenvalue weighted by molar-refractivity contribution is -0.121. The van der Waals surface area contributed by atoms with Gasteiger partial charge in [0.2, 0.25) is 23.0 Å². The molecule has 0 spiro atoms. The van der Waals surface area contributed by atoms with Gasteiger partial charge in [0.25, 0.3) is 0 Å². The van der Waals surface area contributed by atoms with E-state index in [1.54, 1.807) is 33.5 Å². The summed E-state index contributed by atoms with van der Waals surface area (Å²) in [7, 11) is 4.69. The van der Waals surface area contributed by atoms with Crippen molar-refractivity contribution < 1.29 is 28.5 Å². The molecule has 40 heavy (non-hydrogen) atoms. The molecule has 2 atom stereocenters. The van der Waals surface area contributed by atoms with Crippen molar-refractivity contribution in [2.45, 2.75) is 57.6 Å². The van der Waals surface area contributed by atoms with Crippen molar-refractivity contribution in [3.8, 4) is 28.4 Å². The highest BCUT2D eigenvalue weighted by atomic mass is 16.5. The van der Waals surface area contributed by atoms with Crippen molar-refractivity contribution in [2.24, 2.45) is 0 Å². The predicted octanol–water partition coefficient (Wildman–Crippen LogP) is 3.35. The fraction of sp³-hybridized carbons (Fsp3) is 0.500. The lowest BCUT2D eigenvalue weighted by Gasteiger charge is -2.19. The first kappa shape index (κ1) is 29.2. The number of aryl methyl sites for hydroxylation is 1. The summed E-state index contributed by atoms with van der Waals surface area (Å²) in [6, 6.07) is 6.75. The fourth-order valence-corrected chi connectivity index (χ4v) is 5.45. The van der Waals surface area contributed by atoms with Gasteiger partial charge >= 0.3 is 0 Å². The number of fused-ring (bicyclic) bond motifs is 3. The highest BCUT2D eigenvalue weighted by Crippen LogP contribution is 2.50. The topological polar surface area (TPSA) is 124 Å². The van der Waals surface area contributed by atoms with Crippen LogP contribution in [0.3, 0.4) is 0 Å². The zero-order chi connectivity index (χ0) is 28.6. The number of methoxy groups -OCH3 is 3. The molecule has 216 valence electrons. The second-order valence-corrected chi connectivity index (χ2v) is 10.1. The van der Waals surface area contributed by atoms with Crippen molar-refractivity contribution in [3.63, 3.8) is 0 Å². The van der Waals surface area contributed by atoms with Crippen molar-refractivity contribution in [2.75, 3.05) is 46.3 Å². The van der Waals surface area contributed by atoms with Crippen LogP contribution in [-0.2, 0) is 20.7 Å². The van der Waals surface area contributed by atoms with Gasteiger partial charge < -0.3 is 34.9 Å². The average molecular weight is 554 g/mol. The van der Waals surface area contributed by atoms with Crippen molar-refractivity contribution in [1.29, 1.82) is 0 Å². The highest BCUT2D eigenvalue weighted by Gasteiger charge is 2.29. The Morgan fingerprint density at radius 2 is 1.85 bits per heavy atom. The number of ether oxygens (including phenoxy) is 4. The number of hydrogen-bond acceptors (Lipinski definition) is 8. The van der Waals surface area contributed by atoms with Crippen LogP contribution in [0.2, 0.25) is 0 Å². The molecular formula is C30H39N3O7. The lowest BCUT2D eigenvalue weighted by Crippen LogP contribution is -2.31. The molecule has 1 aliphatic heterocycles. The standard InChI is InChI=1S/C30H39N3O7/c1-18(34)33-23-11-9-19-15-26(37-2)29(38-3)30(39-4)28(19)21-10-12-24(25(35)16-22(21)23)31-13-5-8-27(36)32-17-20-7-6-14-40-20/h10,12,15-16,20,23H,5-9,11,13-14,17H2,1-4H3,(H,31,35)(H,32,36)(H,33,34)/t20-,23-/m0/s1. The highest BCUT2D eigenvalue weighted by molar-refractivity contribution is 5.83. The molecule has 2 aromatic carbocycles. The number of amides is 2. The summed E-state index contributed by atoms with van der Waals surface area (Å²) in [6.45, 7) is 3.21. The van der Waals surface area contributed by atoms with Gasteiger partial charge in [-0.1, -0.05) is 6.07 Å². The molecule has 10 nitrogen and oxygen atoms in total. The molecule has 4 rings (SSSR count). The molecule has 1 saturated heterocycles. The van der Waals surface area contributed by atoms with Gasteiger partial charge in [0.15, 0.2) is 11.5 Å². The molecule has 10 heteroatoms. The Bertz CT molecular complexity index is 1290. The van der Waals surface area contributed by atoms with E-state index in [4.69, 9.17) is 18.9 Å². The SMILES string of the molecule is COc1cc2c(c(OC)c1OC)-c1ccc(NCCCC(=O)NC[C@@H]3CCCO3)c(=O)cc1[C@@H](NC(C)=O)CC2.